The van der Waals surface area contributed by atoms with Crippen molar-refractivity contribution in [3.63, 3.8) is 0 Å². The number of aliphatic hydroxyl groups is 6. The summed E-state index contributed by atoms with van der Waals surface area (Å²) < 4.78 is 0. The summed E-state index contributed by atoms with van der Waals surface area (Å²) in [6.45, 7) is -0.874. The molecule has 2 aromatic rings. The highest BCUT2D eigenvalue weighted by Gasteiger charge is 2.94. The smallest absolute Gasteiger partial charge is 0.138 e. The van der Waals surface area contributed by atoms with Crippen LogP contribution in [0.5, 0.6) is 0 Å². The van der Waals surface area contributed by atoms with Gasteiger partial charge in [-0.1, -0.05) is 59.6 Å². The van der Waals surface area contributed by atoms with Crippen molar-refractivity contribution in [1.82, 2.24) is 0 Å². The molecule has 6 nitrogen and oxygen atoms in total. The first-order valence-corrected chi connectivity index (χ1v) is 9.55. The van der Waals surface area contributed by atoms with Gasteiger partial charge in [-0.25, -0.2) is 0 Å². The summed E-state index contributed by atoms with van der Waals surface area (Å²) in [6, 6.07) is 12.7. The zero-order chi connectivity index (χ0) is 20.5. The van der Waals surface area contributed by atoms with Crippen molar-refractivity contribution < 1.29 is 30.6 Å². The predicted octanol–water partition coefficient (Wildman–Crippen LogP) is 0.795. The molecule has 2 aliphatic rings. The molecular formula is C20H20Cl2O6. The maximum absolute atomic E-state index is 11.4. The van der Waals surface area contributed by atoms with Crippen LogP contribution in [0, 0.1) is 0 Å². The van der Waals surface area contributed by atoms with Gasteiger partial charge in [-0.2, -0.15) is 0 Å². The Bertz CT molecular complexity index is 923. The molecular weight excluding hydrogens is 407 g/mol. The maximum Gasteiger partial charge on any atom is 0.138 e. The molecule has 3 unspecified atom stereocenters. The number of aliphatic hydroxyl groups excluding tert-OH is 3. The van der Waals surface area contributed by atoms with Crippen LogP contribution in [0.25, 0.3) is 0 Å². The molecule has 0 heterocycles. The zero-order valence-electron chi connectivity index (χ0n) is 14.6. The summed E-state index contributed by atoms with van der Waals surface area (Å²) in [5.74, 6) is -2.52. The summed E-state index contributed by atoms with van der Waals surface area (Å²) in [5, 5.41) is 65.4. The van der Waals surface area contributed by atoms with Gasteiger partial charge in [0.2, 0.25) is 0 Å². The van der Waals surface area contributed by atoms with Gasteiger partial charge in [-0.3, -0.25) is 0 Å². The Labute approximate surface area is 171 Å². The van der Waals surface area contributed by atoms with Gasteiger partial charge in [0.05, 0.1) is 18.6 Å². The highest BCUT2D eigenvalue weighted by atomic mass is 35.5. The van der Waals surface area contributed by atoms with Crippen molar-refractivity contribution in [2.45, 2.75) is 40.8 Å². The Hall–Kier alpha value is -1.22. The van der Waals surface area contributed by atoms with E-state index in [-0.39, 0.29) is 15.6 Å². The van der Waals surface area contributed by atoms with E-state index in [1.807, 2.05) is 0 Å². The lowest BCUT2D eigenvalue weighted by Crippen LogP contribution is -2.99. The molecule has 2 saturated carbocycles. The van der Waals surface area contributed by atoms with Crippen LogP contribution in [0.1, 0.15) is 23.0 Å². The molecule has 0 aromatic heterocycles. The SMILES string of the molecule is OC[C@@H](O)[C@]1(O)C(c2ccccc2Cl)[C@]2(O)C(O)C(c3ccccc3Cl)[C@@]21O. The quantitative estimate of drug-likeness (QED) is 0.429. The number of fused-ring (bicyclic) bond motifs is 1. The molecule has 8 heteroatoms. The first-order valence-electron chi connectivity index (χ1n) is 8.80. The fourth-order valence-corrected chi connectivity index (χ4v) is 5.69. The minimum absolute atomic E-state index is 0.180. The largest absolute Gasteiger partial charge is 0.394 e. The highest BCUT2D eigenvalue weighted by Crippen LogP contribution is 2.76. The number of halogens is 2. The molecule has 0 bridgehead atoms. The normalized spacial score (nSPS) is 40.2. The van der Waals surface area contributed by atoms with Crippen LogP contribution < -0.4 is 0 Å². The van der Waals surface area contributed by atoms with E-state index in [1.165, 1.54) is 12.1 Å². The van der Waals surface area contributed by atoms with Crippen molar-refractivity contribution in [3.8, 4) is 0 Å². The number of benzene rings is 2. The third-order valence-corrected chi connectivity index (χ3v) is 7.14. The Morgan fingerprint density at radius 2 is 1.39 bits per heavy atom. The number of hydrogen-bond donors (Lipinski definition) is 6. The molecule has 2 fully saturated rings. The summed E-state index contributed by atoms with van der Waals surface area (Å²) in [5.41, 5.74) is -6.40. The minimum Gasteiger partial charge on any atom is -0.394 e. The third-order valence-electron chi connectivity index (χ3n) is 6.46. The molecule has 4 rings (SSSR count). The lowest BCUT2D eigenvalue weighted by atomic mass is 9.30. The molecule has 0 amide bonds. The molecule has 2 aliphatic carbocycles. The highest BCUT2D eigenvalue weighted by molar-refractivity contribution is 6.31. The van der Waals surface area contributed by atoms with Crippen molar-refractivity contribution in [2.24, 2.45) is 0 Å². The molecule has 7 atom stereocenters. The minimum atomic E-state index is -2.38. The molecule has 2 aromatic carbocycles. The van der Waals surface area contributed by atoms with Gasteiger partial charge < -0.3 is 30.6 Å². The van der Waals surface area contributed by atoms with Crippen LogP contribution in [-0.2, 0) is 0 Å². The van der Waals surface area contributed by atoms with Crippen LogP contribution >= 0.6 is 23.2 Å². The Morgan fingerprint density at radius 1 is 0.893 bits per heavy atom. The van der Waals surface area contributed by atoms with Crippen molar-refractivity contribution in [1.29, 1.82) is 0 Å². The summed E-state index contributed by atoms with van der Waals surface area (Å²) >= 11 is 12.4. The average molecular weight is 427 g/mol. The van der Waals surface area contributed by atoms with E-state index in [0.29, 0.717) is 5.56 Å². The van der Waals surface area contributed by atoms with Crippen molar-refractivity contribution >= 4 is 23.2 Å². The predicted molar refractivity (Wildman–Crippen MR) is 102 cm³/mol. The Kier molecular flexibility index (Phi) is 4.58. The van der Waals surface area contributed by atoms with E-state index in [4.69, 9.17) is 23.2 Å². The monoisotopic (exact) mass is 426 g/mol. The summed E-state index contributed by atoms with van der Waals surface area (Å²) in [4.78, 5) is 0. The van der Waals surface area contributed by atoms with Crippen LogP contribution in [-0.4, -0.2) is 66.3 Å². The molecule has 150 valence electrons. The molecule has 0 spiro atoms. The van der Waals surface area contributed by atoms with Gasteiger partial charge in [0.25, 0.3) is 0 Å². The fraction of sp³-hybridized carbons (Fsp3) is 0.400. The number of rotatable bonds is 4. The molecule has 6 N–H and O–H groups in total. The molecule has 0 saturated heterocycles. The second-order valence-corrected chi connectivity index (χ2v) is 8.33. The summed E-state index contributed by atoms with van der Waals surface area (Å²) in [7, 11) is 0. The second-order valence-electron chi connectivity index (χ2n) is 7.51. The summed E-state index contributed by atoms with van der Waals surface area (Å²) in [6.07, 6.45) is -3.30. The Balaban J connectivity index is 1.90. The van der Waals surface area contributed by atoms with E-state index in [9.17, 15) is 30.6 Å². The van der Waals surface area contributed by atoms with E-state index in [1.54, 1.807) is 36.4 Å². The lowest BCUT2D eigenvalue weighted by Gasteiger charge is -2.80. The average Bonchev–Trinajstić information content (AvgIpc) is 2.69. The van der Waals surface area contributed by atoms with E-state index >= 15 is 0 Å². The van der Waals surface area contributed by atoms with Gasteiger partial charge in [0.1, 0.15) is 22.9 Å². The molecule has 0 radical (unpaired) electrons. The van der Waals surface area contributed by atoms with Crippen LogP contribution in [0.4, 0.5) is 0 Å². The second kappa shape index (κ2) is 6.39. The lowest BCUT2D eigenvalue weighted by molar-refractivity contribution is -0.459. The zero-order valence-corrected chi connectivity index (χ0v) is 16.1. The topological polar surface area (TPSA) is 121 Å². The molecule has 28 heavy (non-hydrogen) atoms. The maximum atomic E-state index is 11.4. The van der Waals surface area contributed by atoms with E-state index in [2.05, 4.69) is 0 Å². The molecule has 0 aliphatic heterocycles. The van der Waals surface area contributed by atoms with Crippen molar-refractivity contribution in [3.05, 3.63) is 69.7 Å². The first kappa shape index (κ1) is 20.1. The van der Waals surface area contributed by atoms with Gasteiger partial charge in [0, 0.05) is 16.0 Å². The number of hydrogen-bond acceptors (Lipinski definition) is 6. The van der Waals surface area contributed by atoms with Crippen LogP contribution in [0.15, 0.2) is 48.5 Å². The first-order chi connectivity index (χ1) is 13.2. The standard InChI is InChI=1S/C20H20Cl2O6/c21-12-7-3-1-5-10(12)15-17(25)19(27)16(11-6-2-4-8-13(11)22)18(26,14(24)9-23)20(15,19)28/h1-8,14-17,23-28H,9H2/t14-,15?,16?,17?,18+,19+,20+/m1/s1. The van der Waals surface area contributed by atoms with Gasteiger partial charge >= 0.3 is 0 Å². The van der Waals surface area contributed by atoms with Gasteiger partial charge in [-0.05, 0) is 23.3 Å². The van der Waals surface area contributed by atoms with Crippen LogP contribution in [0.3, 0.4) is 0 Å². The third kappa shape index (κ3) is 2.04. The van der Waals surface area contributed by atoms with E-state index in [0.717, 1.165) is 0 Å². The fourth-order valence-electron chi connectivity index (χ4n) is 5.19. The van der Waals surface area contributed by atoms with Crippen LogP contribution in [0.2, 0.25) is 10.0 Å². The van der Waals surface area contributed by atoms with E-state index < -0.39 is 47.5 Å². The van der Waals surface area contributed by atoms with Crippen molar-refractivity contribution in [2.75, 3.05) is 6.61 Å². The Morgan fingerprint density at radius 3 is 1.89 bits per heavy atom. The van der Waals surface area contributed by atoms with Gasteiger partial charge in [-0.15, -0.1) is 0 Å². The van der Waals surface area contributed by atoms with Gasteiger partial charge in [0.15, 0.2) is 0 Å².